The number of nitrogens with one attached hydrogen (secondary N) is 1. The first-order chi connectivity index (χ1) is 10.3. The number of likely N-dealkylation sites (N-methyl/N-ethyl adjacent to an activating group) is 1. The maximum absolute atomic E-state index is 12.5. The van der Waals surface area contributed by atoms with Crippen LogP contribution in [0.1, 0.15) is 11.4 Å². The lowest BCUT2D eigenvalue weighted by molar-refractivity contribution is -0.0156. The first kappa shape index (κ1) is 17.4. The van der Waals surface area contributed by atoms with E-state index >= 15 is 0 Å². The third-order valence-electron chi connectivity index (χ3n) is 3.68. The first-order valence-corrected chi connectivity index (χ1v) is 8.66. The average Bonchev–Trinajstić information content (AvgIpc) is 2.72. The molecular weight excluding hydrogens is 308 g/mol. The summed E-state index contributed by atoms with van der Waals surface area (Å²) < 4.78 is 39.8. The molecule has 0 aromatic carbocycles. The number of nitrogens with zero attached hydrogens (tertiary/aromatic N) is 3. The van der Waals surface area contributed by atoms with Gasteiger partial charge < -0.3 is 14.4 Å². The number of ether oxygens (including phenoxy) is 2. The minimum absolute atomic E-state index is 0.136. The Labute approximate surface area is 131 Å². The largest absolute Gasteiger partial charge is 0.374 e. The third kappa shape index (κ3) is 3.85. The molecule has 2 heterocycles. The normalized spacial score (nSPS) is 20.5. The Balaban J connectivity index is 2.10. The minimum Gasteiger partial charge on any atom is -0.374 e. The molecular formula is C13H24N4O4S. The summed E-state index contributed by atoms with van der Waals surface area (Å²) in [5, 5.41) is 4.21. The second-order valence-corrected chi connectivity index (χ2v) is 7.23. The third-order valence-corrected chi connectivity index (χ3v) is 5.35. The fourth-order valence-corrected chi connectivity index (χ4v) is 4.06. The number of hydrogen-bond acceptors (Lipinski definition) is 6. The quantitative estimate of drug-likeness (QED) is 0.771. The predicted molar refractivity (Wildman–Crippen MR) is 81.1 cm³/mol. The van der Waals surface area contributed by atoms with Gasteiger partial charge in [-0.05, 0) is 20.9 Å². The van der Waals surface area contributed by atoms with Gasteiger partial charge in [-0.1, -0.05) is 0 Å². The monoisotopic (exact) mass is 332 g/mol. The van der Waals surface area contributed by atoms with Crippen LogP contribution in [0.4, 0.5) is 0 Å². The fourth-order valence-electron chi connectivity index (χ4n) is 2.58. The topological polar surface area (TPSA) is 85.7 Å². The van der Waals surface area contributed by atoms with Gasteiger partial charge in [-0.2, -0.15) is 5.10 Å². The maximum Gasteiger partial charge on any atom is 0.244 e. The molecule has 1 N–H and O–H groups in total. The smallest absolute Gasteiger partial charge is 0.244 e. The number of sulfonamides is 1. The van der Waals surface area contributed by atoms with Crippen molar-refractivity contribution in [2.75, 3.05) is 40.4 Å². The highest BCUT2D eigenvalue weighted by atomic mass is 32.2. The van der Waals surface area contributed by atoms with Gasteiger partial charge in [-0.15, -0.1) is 0 Å². The summed E-state index contributed by atoms with van der Waals surface area (Å²) in [5.74, 6) is 0. The van der Waals surface area contributed by atoms with Crippen molar-refractivity contribution in [1.29, 1.82) is 0 Å². The Bertz CT molecular complexity index is 614. The average molecular weight is 332 g/mol. The summed E-state index contributed by atoms with van der Waals surface area (Å²) in [6.45, 7) is 6.07. The van der Waals surface area contributed by atoms with Gasteiger partial charge in [0, 0.05) is 26.7 Å². The number of aryl methyl sites for hydroxylation is 1. The van der Waals surface area contributed by atoms with Crippen molar-refractivity contribution >= 4 is 10.0 Å². The van der Waals surface area contributed by atoms with Crippen molar-refractivity contribution in [3.8, 4) is 0 Å². The molecule has 0 unspecified atom stereocenters. The predicted octanol–water partition coefficient (Wildman–Crippen LogP) is -0.287. The van der Waals surface area contributed by atoms with E-state index in [9.17, 15) is 8.42 Å². The molecule has 1 aromatic heterocycles. The van der Waals surface area contributed by atoms with E-state index in [0.29, 0.717) is 24.5 Å². The van der Waals surface area contributed by atoms with E-state index < -0.39 is 10.0 Å². The van der Waals surface area contributed by atoms with Crippen molar-refractivity contribution < 1.29 is 17.9 Å². The zero-order valence-electron chi connectivity index (χ0n) is 13.5. The van der Waals surface area contributed by atoms with Crippen LogP contribution in [0, 0.1) is 13.8 Å². The molecule has 0 bridgehead atoms. The summed E-state index contributed by atoms with van der Waals surface area (Å²) in [6, 6.07) is 0. The van der Waals surface area contributed by atoms with Gasteiger partial charge in [0.25, 0.3) is 0 Å². The summed E-state index contributed by atoms with van der Waals surface area (Å²) >= 11 is 0. The van der Waals surface area contributed by atoms with Gasteiger partial charge in [-0.3, -0.25) is 0 Å². The van der Waals surface area contributed by atoms with Crippen LogP contribution >= 0.6 is 0 Å². The molecule has 1 aromatic rings. The summed E-state index contributed by atoms with van der Waals surface area (Å²) in [7, 11) is -0.0888. The van der Waals surface area contributed by atoms with Crippen molar-refractivity contribution in [2.45, 2.75) is 31.6 Å². The Morgan fingerprint density at radius 3 is 2.82 bits per heavy atom. The van der Waals surface area contributed by atoms with Gasteiger partial charge >= 0.3 is 0 Å². The Hall–Kier alpha value is -1.00. The van der Waals surface area contributed by atoms with E-state index in [4.69, 9.17) is 9.47 Å². The van der Waals surface area contributed by atoms with Crippen molar-refractivity contribution in [2.24, 2.45) is 0 Å². The molecule has 22 heavy (non-hydrogen) atoms. The zero-order chi connectivity index (χ0) is 16.3. The lowest BCUT2D eigenvalue weighted by Crippen LogP contribution is -2.46. The van der Waals surface area contributed by atoms with Crippen LogP contribution in [0.5, 0.6) is 0 Å². The van der Waals surface area contributed by atoms with E-state index in [-0.39, 0.29) is 24.3 Å². The van der Waals surface area contributed by atoms with Gasteiger partial charge in [0.15, 0.2) is 0 Å². The van der Waals surface area contributed by atoms with Crippen LogP contribution < -0.4 is 4.72 Å². The van der Waals surface area contributed by atoms with E-state index in [1.165, 1.54) is 4.68 Å². The molecule has 126 valence electrons. The van der Waals surface area contributed by atoms with Gasteiger partial charge in [0.2, 0.25) is 10.0 Å². The number of rotatable bonds is 6. The van der Waals surface area contributed by atoms with Crippen molar-refractivity contribution in [3.05, 3.63) is 11.4 Å². The number of morpholine rings is 1. The lowest BCUT2D eigenvalue weighted by Gasteiger charge is -2.30. The highest BCUT2D eigenvalue weighted by Gasteiger charge is 2.26. The molecule has 9 heteroatoms. The van der Waals surface area contributed by atoms with Gasteiger partial charge in [0.1, 0.15) is 11.6 Å². The van der Waals surface area contributed by atoms with Crippen LogP contribution in [0.3, 0.4) is 0 Å². The van der Waals surface area contributed by atoms with Crippen LogP contribution in [0.15, 0.2) is 4.90 Å². The number of hydrogen-bond donors (Lipinski definition) is 1. The van der Waals surface area contributed by atoms with E-state index in [1.54, 1.807) is 21.0 Å². The van der Waals surface area contributed by atoms with Crippen LogP contribution in [-0.2, 0) is 26.2 Å². The van der Waals surface area contributed by atoms with Gasteiger partial charge in [0.05, 0.1) is 24.1 Å². The molecule has 8 nitrogen and oxygen atoms in total. The molecule has 0 aliphatic carbocycles. The highest BCUT2D eigenvalue weighted by Crippen LogP contribution is 2.19. The Kier molecular flexibility index (Phi) is 5.56. The lowest BCUT2D eigenvalue weighted by atomic mass is 10.3. The minimum atomic E-state index is -3.62. The van der Waals surface area contributed by atoms with Gasteiger partial charge in [-0.25, -0.2) is 17.8 Å². The van der Waals surface area contributed by atoms with Crippen LogP contribution in [0.2, 0.25) is 0 Å². The van der Waals surface area contributed by atoms with E-state index in [1.807, 2.05) is 7.05 Å². The van der Waals surface area contributed by atoms with E-state index in [2.05, 4.69) is 14.7 Å². The molecule has 1 aliphatic heterocycles. The summed E-state index contributed by atoms with van der Waals surface area (Å²) in [4.78, 5) is 2.34. The first-order valence-electron chi connectivity index (χ1n) is 7.18. The molecule has 2 rings (SSSR count). The highest BCUT2D eigenvalue weighted by molar-refractivity contribution is 7.89. The number of aromatic nitrogens is 2. The fraction of sp³-hybridized carbons (Fsp3) is 0.769. The van der Waals surface area contributed by atoms with Crippen molar-refractivity contribution in [3.63, 3.8) is 0 Å². The standard InChI is InChI=1S/C13H24N4O4S/c1-10-13(11(2)17(15-10)9-20-4)22(18,19)14-7-12-8-16(3)5-6-21-12/h12,14H,5-9H2,1-4H3/t12-/m0/s1. The second-order valence-electron chi connectivity index (χ2n) is 5.52. The number of methoxy groups -OCH3 is 1. The molecule has 0 radical (unpaired) electrons. The van der Waals surface area contributed by atoms with E-state index in [0.717, 1.165) is 6.54 Å². The summed E-state index contributed by atoms with van der Waals surface area (Å²) in [6.07, 6.45) is -0.136. The second kappa shape index (κ2) is 7.05. The molecule has 1 atom stereocenters. The molecule has 1 saturated heterocycles. The van der Waals surface area contributed by atoms with Crippen LogP contribution in [-0.4, -0.2) is 69.6 Å². The molecule has 0 spiro atoms. The molecule has 0 amide bonds. The SMILES string of the molecule is COCn1nc(C)c(S(=O)(=O)NC[C@H]2CN(C)CCO2)c1C. The molecule has 1 aliphatic rings. The Morgan fingerprint density at radius 2 is 2.18 bits per heavy atom. The molecule has 1 fully saturated rings. The summed E-state index contributed by atoms with van der Waals surface area (Å²) in [5.41, 5.74) is 1.03. The van der Waals surface area contributed by atoms with Crippen molar-refractivity contribution in [1.82, 2.24) is 19.4 Å². The molecule has 0 saturated carbocycles. The Morgan fingerprint density at radius 1 is 1.45 bits per heavy atom. The zero-order valence-corrected chi connectivity index (χ0v) is 14.3. The maximum atomic E-state index is 12.5. The van der Waals surface area contributed by atoms with Crippen LogP contribution in [0.25, 0.3) is 0 Å².